The van der Waals surface area contributed by atoms with Gasteiger partial charge in [-0.25, -0.2) is 18.4 Å². The van der Waals surface area contributed by atoms with Crippen molar-refractivity contribution in [3.8, 4) is 22.5 Å². The molecule has 0 bridgehead atoms. The van der Waals surface area contributed by atoms with E-state index in [1.165, 1.54) is 6.20 Å². The van der Waals surface area contributed by atoms with E-state index in [0.29, 0.717) is 29.4 Å². The monoisotopic (exact) mass is 492 g/mol. The largest absolute Gasteiger partial charge is 0.364 e. The zero-order valence-corrected chi connectivity index (χ0v) is 19.8. The third-order valence-corrected chi connectivity index (χ3v) is 7.22. The summed E-state index contributed by atoms with van der Waals surface area (Å²) in [5, 5.41) is 4.29. The third-order valence-electron chi connectivity index (χ3n) is 5.87. The number of nitrogens with zero attached hydrogens (tertiary/aromatic N) is 4. The van der Waals surface area contributed by atoms with Gasteiger partial charge in [-0.2, -0.15) is 0 Å². The van der Waals surface area contributed by atoms with Crippen molar-refractivity contribution in [3.05, 3.63) is 103 Å². The van der Waals surface area contributed by atoms with Crippen molar-refractivity contribution in [2.75, 3.05) is 5.32 Å². The van der Waals surface area contributed by atoms with Gasteiger partial charge in [0, 0.05) is 24.2 Å². The number of rotatable bonds is 5. The average molecular weight is 493 g/mol. The number of aromatic nitrogens is 4. The Morgan fingerprint density at radius 2 is 1.72 bits per heavy atom. The average Bonchev–Trinajstić information content (AvgIpc) is 2.92. The maximum atomic E-state index is 12.5. The van der Waals surface area contributed by atoms with Crippen LogP contribution in [-0.2, 0) is 16.6 Å². The Labute approximate surface area is 207 Å². The van der Waals surface area contributed by atoms with Crippen LogP contribution < -0.4 is 10.0 Å². The summed E-state index contributed by atoms with van der Waals surface area (Å²) >= 11 is 0. The van der Waals surface area contributed by atoms with Gasteiger partial charge in [-0.1, -0.05) is 48.5 Å². The van der Waals surface area contributed by atoms with Gasteiger partial charge in [0.15, 0.2) is 5.82 Å². The molecular weight excluding hydrogens is 472 g/mol. The maximum Gasteiger partial charge on any atom is 0.263 e. The molecule has 0 aliphatic carbocycles. The van der Waals surface area contributed by atoms with Crippen molar-refractivity contribution in [2.24, 2.45) is 0 Å². The fraction of sp³-hybridized carbons (Fsp3) is 0.0370. The van der Waals surface area contributed by atoms with Crippen LogP contribution in [0, 0.1) is 0 Å². The molecule has 4 heterocycles. The fourth-order valence-electron chi connectivity index (χ4n) is 4.16. The highest BCUT2D eigenvalue weighted by molar-refractivity contribution is 7.89. The first-order valence-electron chi connectivity index (χ1n) is 11.3. The van der Waals surface area contributed by atoms with Crippen LogP contribution in [0.25, 0.3) is 39.5 Å². The van der Waals surface area contributed by atoms with Crippen LogP contribution in [0.1, 0.15) is 11.4 Å². The van der Waals surface area contributed by atoms with Gasteiger partial charge in [0.05, 0.1) is 28.8 Å². The molecule has 2 aromatic carbocycles. The number of hydrogen-bond donors (Lipinski definition) is 2. The van der Waals surface area contributed by atoms with E-state index in [0.717, 1.165) is 27.7 Å². The Morgan fingerprint density at radius 1 is 0.861 bits per heavy atom. The third kappa shape index (κ3) is 4.05. The predicted molar refractivity (Wildman–Crippen MR) is 139 cm³/mol. The Kier molecular flexibility index (Phi) is 5.38. The molecule has 176 valence electrons. The molecule has 6 rings (SSSR count). The molecule has 0 saturated carbocycles. The van der Waals surface area contributed by atoms with Gasteiger partial charge in [0.1, 0.15) is 10.7 Å². The Hall–Kier alpha value is -4.63. The van der Waals surface area contributed by atoms with Crippen LogP contribution in [0.5, 0.6) is 0 Å². The molecule has 9 heteroatoms. The van der Waals surface area contributed by atoms with Gasteiger partial charge in [0.25, 0.3) is 10.0 Å². The van der Waals surface area contributed by atoms with E-state index in [2.05, 4.69) is 20.0 Å². The molecule has 0 fully saturated rings. The van der Waals surface area contributed by atoms with Gasteiger partial charge in [-0.15, -0.1) is 0 Å². The molecule has 1 aliphatic rings. The molecule has 0 atom stereocenters. The van der Waals surface area contributed by atoms with Gasteiger partial charge in [-0.3, -0.25) is 14.7 Å². The van der Waals surface area contributed by atoms with Crippen molar-refractivity contribution in [1.82, 2.24) is 24.7 Å². The van der Waals surface area contributed by atoms with E-state index in [9.17, 15) is 8.42 Å². The van der Waals surface area contributed by atoms with Crippen LogP contribution in [0.2, 0.25) is 0 Å². The molecule has 36 heavy (non-hydrogen) atoms. The summed E-state index contributed by atoms with van der Waals surface area (Å²) in [7, 11) is -3.69. The second-order valence-electron chi connectivity index (χ2n) is 8.20. The van der Waals surface area contributed by atoms with E-state index in [1.54, 1.807) is 24.5 Å². The first kappa shape index (κ1) is 21.9. The normalized spacial score (nSPS) is 13.7. The van der Waals surface area contributed by atoms with Gasteiger partial charge >= 0.3 is 0 Å². The lowest BCUT2D eigenvalue weighted by atomic mass is 10.0. The van der Waals surface area contributed by atoms with Crippen LogP contribution in [0.4, 0.5) is 5.82 Å². The molecule has 0 spiro atoms. The summed E-state index contributed by atoms with van der Waals surface area (Å²) in [4.78, 5) is 18.5. The molecular formula is C27H20N6O2S. The van der Waals surface area contributed by atoms with Crippen molar-refractivity contribution in [3.63, 3.8) is 0 Å². The number of hydrogen-bond acceptors (Lipinski definition) is 7. The van der Waals surface area contributed by atoms with E-state index in [-0.39, 0.29) is 4.90 Å². The molecule has 1 aliphatic heterocycles. The summed E-state index contributed by atoms with van der Waals surface area (Å²) in [6, 6.07) is 23.3. The standard InChI is InChI=1S/C27H20N6O2S/c34-36(35)24-15-19(16-29-22(24)12-14-31-36)26-32-23-11-6-10-21(18-7-2-1-3-8-18)25(23)27(33-26)30-17-20-9-4-5-13-28-20/h1-16,31H,17H2,(H,30,32,33). The minimum Gasteiger partial charge on any atom is -0.364 e. The number of fused-ring (bicyclic) bond motifs is 2. The van der Waals surface area contributed by atoms with Crippen molar-refractivity contribution >= 4 is 32.8 Å². The quantitative estimate of drug-likeness (QED) is 0.368. The zero-order chi connectivity index (χ0) is 24.5. The molecule has 8 nitrogen and oxygen atoms in total. The van der Waals surface area contributed by atoms with E-state index >= 15 is 0 Å². The Morgan fingerprint density at radius 3 is 2.56 bits per heavy atom. The Bertz CT molecular complexity index is 1720. The van der Waals surface area contributed by atoms with Crippen molar-refractivity contribution in [2.45, 2.75) is 11.4 Å². The molecule has 5 aromatic rings. The smallest absolute Gasteiger partial charge is 0.263 e. The number of benzene rings is 2. The molecule has 2 N–H and O–H groups in total. The van der Waals surface area contributed by atoms with Gasteiger partial charge in [-0.05, 0) is 41.5 Å². The SMILES string of the molecule is O=S1(=O)NC=Cc2ncc(-c3nc(NCc4ccccn4)c4c(-c5ccccc5)cccc4n3)cc21. The second kappa shape index (κ2) is 8.86. The van der Waals surface area contributed by atoms with Crippen molar-refractivity contribution in [1.29, 1.82) is 0 Å². The van der Waals surface area contributed by atoms with Crippen LogP contribution in [-0.4, -0.2) is 28.4 Å². The van der Waals surface area contributed by atoms with Crippen LogP contribution in [0.15, 0.2) is 96.3 Å². The second-order valence-corrected chi connectivity index (χ2v) is 9.88. The molecule has 0 saturated heterocycles. The topological polar surface area (TPSA) is 110 Å². The molecule has 0 amide bonds. The van der Waals surface area contributed by atoms with Gasteiger partial charge in [0.2, 0.25) is 0 Å². The number of pyridine rings is 2. The van der Waals surface area contributed by atoms with Gasteiger partial charge < -0.3 is 5.32 Å². The summed E-state index contributed by atoms with van der Waals surface area (Å²) in [6.45, 7) is 0.459. The first-order valence-corrected chi connectivity index (χ1v) is 12.8. The highest BCUT2D eigenvalue weighted by Crippen LogP contribution is 2.34. The number of sulfonamides is 1. The van der Waals surface area contributed by atoms with Crippen molar-refractivity contribution < 1.29 is 8.42 Å². The first-order chi connectivity index (χ1) is 17.6. The molecule has 0 unspecified atom stereocenters. The minimum absolute atomic E-state index is 0.0900. The lowest BCUT2D eigenvalue weighted by molar-refractivity contribution is 0.589. The van der Waals surface area contributed by atoms with E-state index < -0.39 is 10.0 Å². The number of anilines is 1. The predicted octanol–water partition coefficient (Wildman–Crippen LogP) is 4.63. The highest BCUT2D eigenvalue weighted by atomic mass is 32.2. The lowest BCUT2D eigenvalue weighted by Crippen LogP contribution is -2.22. The number of nitrogens with one attached hydrogen (secondary N) is 2. The molecule has 0 radical (unpaired) electrons. The van der Waals surface area contributed by atoms with E-state index in [4.69, 9.17) is 9.97 Å². The van der Waals surface area contributed by atoms with Crippen LogP contribution >= 0.6 is 0 Å². The summed E-state index contributed by atoms with van der Waals surface area (Å²) in [6.07, 6.45) is 6.32. The lowest BCUT2D eigenvalue weighted by Gasteiger charge is -2.16. The highest BCUT2D eigenvalue weighted by Gasteiger charge is 2.23. The van der Waals surface area contributed by atoms with Crippen LogP contribution in [0.3, 0.4) is 0 Å². The Balaban J connectivity index is 1.53. The zero-order valence-electron chi connectivity index (χ0n) is 19.0. The summed E-state index contributed by atoms with van der Waals surface area (Å²) < 4.78 is 27.5. The minimum atomic E-state index is -3.69. The summed E-state index contributed by atoms with van der Waals surface area (Å²) in [5.41, 5.74) is 4.50. The molecule has 3 aromatic heterocycles. The maximum absolute atomic E-state index is 12.5. The summed E-state index contributed by atoms with van der Waals surface area (Å²) in [5.74, 6) is 0.995. The fourth-order valence-corrected chi connectivity index (χ4v) is 5.21. The van der Waals surface area contributed by atoms with E-state index in [1.807, 2.05) is 66.7 Å².